The minimum absolute atomic E-state index is 0.0357. The fraction of sp³-hybridized carbons (Fsp3) is 0.600. The third kappa shape index (κ3) is 4.63. The Hall–Kier alpha value is -1.24. The zero-order valence-corrected chi connectivity index (χ0v) is 13.2. The number of nitrogens with zero attached hydrogens (tertiary/aromatic N) is 2. The zero-order valence-electron chi connectivity index (χ0n) is 12.4. The number of rotatable bonds is 3. The second-order valence-corrected chi connectivity index (χ2v) is 6.74. The van der Waals surface area contributed by atoms with Crippen LogP contribution in [-0.4, -0.2) is 34.1 Å². The van der Waals surface area contributed by atoms with Crippen LogP contribution in [0.5, 0.6) is 0 Å². The molecule has 0 radical (unpaired) electrons. The summed E-state index contributed by atoms with van der Waals surface area (Å²) in [5.41, 5.74) is -0.775. The maximum absolute atomic E-state index is 12.5. The number of alkyl halides is 3. The predicted molar refractivity (Wildman–Crippen MR) is 79.6 cm³/mol. The molecule has 1 aliphatic heterocycles. The topological polar surface area (TPSA) is 33.2 Å². The first-order valence-electron chi connectivity index (χ1n) is 7.36. The van der Waals surface area contributed by atoms with E-state index in [1.54, 1.807) is 6.92 Å². The van der Waals surface area contributed by atoms with Crippen LogP contribution in [-0.2, 0) is 11.0 Å². The molecular weight excluding hydrogens is 313 g/mol. The number of likely N-dealkylation sites (tertiary alicyclic amines) is 1. The van der Waals surface area contributed by atoms with Gasteiger partial charge in [0.2, 0.25) is 5.91 Å². The Kier molecular flexibility index (Phi) is 5.72. The summed E-state index contributed by atoms with van der Waals surface area (Å²) in [4.78, 5) is 18.0. The van der Waals surface area contributed by atoms with Gasteiger partial charge in [-0.3, -0.25) is 4.79 Å². The summed E-state index contributed by atoms with van der Waals surface area (Å²) in [6, 6.07) is 2.32. The van der Waals surface area contributed by atoms with E-state index in [0.717, 1.165) is 51.0 Å². The number of halogens is 3. The molecule has 0 aliphatic carbocycles. The van der Waals surface area contributed by atoms with Crippen molar-refractivity contribution in [2.24, 2.45) is 0 Å². The van der Waals surface area contributed by atoms with Gasteiger partial charge in [-0.15, -0.1) is 0 Å². The number of hydrogen-bond donors (Lipinski definition) is 0. The van der Waals surface area contributed by atoms with Crippen LogP contribution in [0, 0.1) is 0 Å². The number of hydrogen-bond acceptors (Lipinski definition) is 3. The lowest BCUT2D eigenvalue weighted by Gasteiger charge is -2.23. The molecule has 0 N–H and O–H groups in total. The quantitative estimate of drug-likeness (QED) is 0.785. The molecule has 22 heavy (non-hydrogen) atoms. The summed E-state index contributed by atoms with van der Waals surface area (Å²) in [6.45, 7) is 3.31. The van der Waals surface area contributed by atoms with Gasteiger partial charge >= 0.3 is 6.18 Å². The highest BCUT2D eigenvalue weighted by atomic mass is 32.2. The van der Waals surface area contributed by atoms with E-state index >= 15 is 0 Å². The van der Waals surface area contributed by atoms with Crippen LogP contribution < -0.4 is 0 Å². The molecule has 1 saturated heterocycles. The number of carbonyl (C=O) groups excluding carboxylic acids is 1. The van der Waals surface area contributed by atoms with E-state index in [1.165, 1.54) is 17.8 Å². The van der Waals surface area contributed by atoms with Crippen molar-refractivity contribution in [2.45, 2.75) is 49.1 Å². The van der Waals surface area contributed by atoms with Crippen LogP contribution >= 0.6 is 11.8 Å². The number of thioether (sulfide) groups is 1. The fourth-order valence-electron chi connectivity index (χ4n) is 2.40. The van der Waals surface area contributed by atoms with Gasteiger partial charge in [-0.25, -0.2) is 4.98 Å². The summed E-state index contributed by atoms with van der Waals surface area (Å²) in [6.07, 6.45) is 0.746. The Morgan fingerprint density at radius 3 is 2.36 bits per heavy atom. The third-order valence-corrected chi connectivity index (χ3v) is 4.66. The number of aromatic nitrogens is 1. The lowest BCUT2D eigenvalue weighted by molar-refractivity contribution is -0.138. The summed E-state index contributed by atoms with van der Waals surface area (Å²) in [7, 11) is 0. The lowest BCUT2D eigenvalue weighted by Crippen LogP contribution is -2.37. The predicted octanol–water partition coefficient (Wildman–Crippen LogP) is 3.98. The average Bonchev–Trinajstić information content (AvgIpc) is 2.75. The summed E-state index contributed by atoms with van der Waals surface area (Å²) in [5.74, 6) is 0.0357. The maximum Gasteiger partial charge on any atom is 0.417 e. The maximum atomic E-state index is 12.5. The highest BCUT2D eigenvalue weighted by Gasteiger charge is 2.31. The van der Waals surface area contributed by atoms with Crippen molar-refractivity contribution in [1.82, 2.24) is 9.88 Å². The molecule has 7 heteroatoms. The van der Waals surface area contributed by atoms with Gasteiger partial charge in [0.1, 0.15) is 0 Å². The Morgan fingerprint density at radius 1 is 1.23 bits per heavy atom. The van der Waals surface area contributed by atoms with Crippen molar-refractivity contribution in [3.63, 3.8) is 0 Å². The molecule has 1 fully saturated rings. The lowest BCUT2D eigenvalue weighted by atomic mass is 10.2. The molecule has 1 unspecified atom stereocenters. The largest absolute Gasteiger partial charge is 0.417 e. The Bertz CT molecular complexity index is 497. The SMILES string of the molecule is CC(Sc1ccc(C(F)(F)F)cn1)C(=O)N1CCCCCC1. The number of amides is 1. The van der Waals surface area contributed by atoms with E-state index in [0.29, 0.717) is 5.03 Å². The Labute approximate surface area is 132 Å². The van der Waals surface area contributed by atoms with Gasteiger partial charge in [-0.2, -0.15) is 13.2 Å². The average molecular weight is 332 g/mol. The van der Waals surface area contributed by atoms with E-state index in [4.69, 9.17) is 0 Å². The Morgan fingerprint density at radius 2 is 1.86 bits per heavy atom. The normalized spacial score (nSPS) is 17.9. The van der Waals surface area contributed by atoms with Crippen LogP contribution in [0.25, 0.3) is 0 Å². The first-order valence-corrected chi connectivity index (χ1v) is 8.24. The van der Waals surface area contributed by atoms with Crippen LogP contribution in [0.15, 0.2) is 23.4 Å². The monoisotopic (exact) mass is 332 g/mol. The standard InChI is InChI=1S/C15H19F3N2OS/c1-11(14(21)20-8-4-2-3-5-9-20)22-13-7-6-12(10-19-13)15(16,17)18/h6-7,10-11H,2-5,8-9H2,1H3. The van der Waals surface area contributed by atoms with Crippen molar-refractivity contribution in [3.05, 3.63) is 23.9 Å². The minimum atomic E-state index is -4.39. The van der Waals surface area contributed by atoms with Crippen molar-refractivity contribution < 1.29 is 18.0 Å². The van der Waals surface area contributed by atoms with Gasteiger partial charge in [0, 0.05) is 19.3 Å². The van der Waals surface area contributed by atoms with Crippen LogP contribution in [0.2, 0.25) is 0 Å². The summed E-state index contributed by atoms with van der Waals surface area (Å²) >= 11 is 1.20. The first kappa shape index (κ1) is 17.1. The number of carbonyl (C=O) groups is 1. The molecule has 0 aromatic carbocycles. The van der Waals surface area contributed by atoms with Crippen LogP contribution in [0.1, 0.15) is 38.2 Å². The van der Waals surface area contributed by atoms with Gasteiger partial charge in [0.15, 0.2) is 0 Å². The number of pyridine rings is 1. The van der Waals surface area contributed by atoms with E-state index in [-0.39, 0.29) is 11.2 Å². The first-order chi connectivity index (χ1) is 10.4. The molecule has 1 aliphatic rings. The van der Waals surface area contributed by atoms with Crippen molar-refractivity contribution in [1.29, 1.82) is 0 Å². The second kappa shape index (κ2) is 7.35. The molecule has 3 nitrogen and oxygen atoms in total. The molecule has 122 valence electrons. The highest BCUT2D eigenvalue weighted by molar-refractivity contribution is 8.00. The summed E-state index contributed by atoms with van der Waals surface area (Å²) in [5, 5.41) is 0.0889. The fourth-order valence-corrected chi connectivity index (χ4v) is 3.27. The molecule has 1 atom stereocenters. The van der Waals surface area contributed by atoms with Crippen molar-refractivity contribution in [3.8, 4) is 0 Å². The highest BCUT2D eigenvalue weighted by Crippen LogP contribution is 2.30. The summed E-state index contributed by atoms with van der Waals surface area (Å²) < 4.78 is 37.5. The van der Waals surface area contributed by atoms with Gasteiger partial charge in [-0.05, 0) is 31.9 Å². The van der Waals surface area contributed by atoms with Gasteiger partial charge in [0.25, 0.3) is 0 Å². The van der Waals surface area contributed by atoms with E-state index in [2.05, 4.69) is 4.98 Å². The molecule has 1 aromatic heterocycles. The molecule has 2 heterocycles. The van der Waals surface area contributed by atoms with Gasteiger partial charge < -0.3 is 4.90 Å². The molecule has 1 aromatic rings. The molecule has 0 saturated carbocycles. The zero-order chi connectivity index (χ0) is 16.2. The third-order valence-electron chi connectivity index (χ3n) is 3.63. The smallest absolute Gasteiger partial charge is 0.342 e. The van der Waals surface area contributed by atoms with E-state index in [9.17, 15) is 18.0 Å². The van der Waals surface area contributed by atoms with Crippen LogP contribution in [0.3, 0.4) is 0 Å². The molecule has 2 rings (SSSR count). The molecule has 0 bridgehead atoms. The molecule has 1 amide bonds. The van der Waals surface area contributed by atoms with Crippen molar-refractivity contribution in [2.75, 3.05) is 13.1 Å². The molecule has 0 spiro atoms. The molecular formula is C15H19F3N2OS. The van der Waals surface area contributed by atoms with Gasteiger partial charge in [0.05, 0.1) is 15.8 Å². The van der Waals surface area contributed by atoms with Gasteiger partial charge in [-0.1, -0.05) is 24.6 Å². The van der Waals surface area contributed by atoms with Crippen molar-refractivity contribution >= 4 is 17.7 Å². The van der Waals surface area contributed by atoms with E-state index < -0.39 is 11.7 Å². The Balaban J connectivity index is 1.95. The second-order valence-electron chi connectivity index (χ2n) is 5.38. The van der Waals surface area contributed by atoms with Crippen LogP contribution in [0.4, 0.5) is 13.2 Å². The minimum Gasteiger partial charge on any atom is -0.342 e. The van der Waals surface area contributed by atoms with E-state index in [1.807, 2.05) is 4.90 Å².